The number of nitrogens with one attached hydrogen (secondary N) is 1. The minimum absolute atomic E-state index is 0.0505. The Bertz CT molecular complexity index is 1220. The minimum Gasteiger partial charge on any atom is -0.499 e. The van der Waals surface area contributed by atoms with Gasteiger partial charge in [-0.05, 0) is 23.3 Å². The average Bonchev–Trinajstić information content (AvgIpc) is 3.09. The Balaban J connectivity index is 1.70. The number of hydrogen-bond acceptors (Lipinski definition) is 3. The zero-order chi connectivity index (χ0) is 22.0. The van der Waals surface area contributed by atoms with Gasteiger partial charge < -0.3 is 10.4 Å². The number of carbonyl (C=O) groups is 1. The lowest BCUT2D eigenvalue weighted by Gasteiger charge is -2.10. The topological polar surface area (TPSA) is 49.3 Å². The van der Waals surface area contributed by atoms with Gasteiger partial charge in [0.25, 0.3) is 5.91 Å². The summed E-state index contributed by atoms with van der Waals surface area (Å²) in [5, 5.41) is 12.9. The third kappa shape index (κ3) is 4.32. The number of benzene rings is 3. The first-order valence-corrected chi connectivity index (χ1v) is 10.1. The lowest BCUT2D eigenvalue weighted by atomic mass is 9.99. The third-order valence-electron chi connectivity index (χ3n) is 4.74. The highest BCUT2D eigenvalue weighted by molar-refractivity contribution is 7.21. The van der Waals surface area contributed by atoms with Crippen LogP contribution >= 0.6 is 11.3 Å². The predicted octanol–water partition coefficient (Wildman–Crippen LogP) is 6.44. The fourth-order valence-electron chi connectivity index (χ4n) is 3.26. The summed E-state index contributed by atoms with van der Waals surface area (Å²) in [5.41, 5.74) is 1.63. The zero-order valence-electron chi connectivity index (χ0n) is 16.0. The molecule has 4 aromatic rings. The molecule has 3 aromatic carbocycles. The van der Waals surface area contributed by atoms with Gasteiger partial charge in [-0.3, -0.25) is 4.79 Å². The standard InChI is InChI=1S/C24H16F3NO2S/c25-24(26,27)17-11-12-18-20(13-17)31-23(30)21(18)22(29)28-14-19(15-7-3-1-4-8-15)16-9-5-2-6-10-16/h1-14,30H,(H,28,29). The van der Waals surface area contributed by atoms with Crippen LogP contribution in [0.15, 0.2) is 85.1 Å². The van der Waals surface area contributed by atoms with E-state index in [2.05, 4.69) is 5.32 Å². The monoisotopic (exact) mass is 439 g/mol. The summed E-state index contributed by atoms with van der Waals surface area (Å²) < 4.78 is 39.1. The van der Waals surface area contributed by atoms with Crippen LogP contribution in [0, 0.1) is 0 Å². The van der Waals surface area contributed by atoms with E-state index in [4.69, 9.17) is 0 Å². The molecule has 0 atom stereocenters. The predicted molar refractivity (Wildman–Crippen MR) is 116 cm³/mol. The van der Waals surface area contributed by atoms with Crippen molar-refractivity contribution in [3.05, 3.63) is 107 Å². The molecule has 0 spiro atoms. The highest BCUT2D eigenvalue weighted by atomic mass is 32.1. The Morgan fingerprint density at radius 1 is 0.903 bits per heavy atom. The van der Waals surface area contributed by atoms with E-state index in [0.717, 1.165) is 40.2 Å². The fraction of sp³-hybridized carbons (Fsp3) is 0.0417. The van der Waals surface area contributed by atoms with E-state index in [0.29, 0.717) is 0 Å². The van der Waals surface area contributed by atoms with E-state index in [9.17, 15) is 23.1 Å². The van der Waals surface area contributed by atoms with Crippen LogP contribution in [-0.2, 0) is 6.18 Å². The number of alkyl halides is 3. The largest absolute Gasteiger partial charge is 0.499 e. The number of thiophene rings is 1. The van der Waals surface area contributed by atoms with E-state index < -0.39 is 17.6 Å². The first-order valence-electron chi connectivity index (χ1n) is 9.29. The minimum atomic E-state index is -4.50. The number of hydrogen-bond donors (Lipinski definition) is 2. The van der Waals surface area contributed by atoms with E-state index in [1.54, 1.807) is 6.20 Å². The molecule has 0 saturated carbocycles. The van der Waals surface area contributed by atoms with Crippen molar-refractivity contribution in [1.29, 1.82) is 0 Å². The van der Waals surface area contributed by atoms with Gasteiger partial charge in [0.2, 0.25) is 0 Å². The maximum absolute atomic E-state index is 13.0. The van der Waals surface area contributed by atoms with Gasteiger partial charge in [0, 0.05) is 21.9 Å². The SMILES string of the molecule is O=C(NC=C(c1ccccc1)c1ccccc1)c1c(O)sc2cc(C(F)(F)F)ccc12. The molecular formula is C24H16F3NO2S. The molecule has 0 aliphatic rings. The van der Waals surface area contributed by atoms with Crippen LogP contribution in [0.4, 0.5) is 13.2 Å². The second-order valence-corrected chi connectivity index (χ2v) is 7.79. The lowest BCUT2D eigenvalue weighted by Crippen LogP contribution is -2.17. The lowest BCUT2D eigenvalue weighted by molar-refractivity contribution is -0.137. The number of carbonyl (C=O) groups excluding carboxylic acids is 1. The van der Waals surface area contributed by atoms with E-state index >= 15 is 0 Å². The normalized spacial score (nSPS) is 11.3. The molecule has 1 aromatic heterocycles. The van der Waals surface area contributed by atoms with Crippen molar-refractivity contribution in [2.75, 3.05) is 0 Å². The summed E-state index contributed by atoms with van der Waals surface area (Å²) in [6.07, 6.45) is -2.96. The quantitative estimate of drug-likeness (QED) is 0.384. The first-order chi connectivity index (χ1) is 14.8. The molecule has 0 aliphatic carbocycles. The second-order valence-electron chi connectivity index (χ2n) is 6.75. The number of fused-ring (bicyclic) bond motifs is 1. The van der Waals surface area contributed by atoms with Crippen molar-refractivity contribution in [3.8, 4) is 5.06 Å². The Morgan fingerprint density at radius 2 is 1.48 bits per heavy atom. The summed E-state index contributed by atoms with van der Waals surface area (Å²) >= 11 is 0.738. The second kappa shape index (κ2) is 8.28. The van der Waals surface area contributed by atoms with Crippen molar-refractivity contribution < 1.29 is 23.1 Å². The van der Waals surface area contributed by atoms with Crippen LogP contribution < -0.4 is 5.32 Å². The Morgan fingerprint density at radius 3 is 2.03 bits per heavy atom. The van der Waals surface area contributed by atoms with Gasteiger partial charge in [0.1, 0.15) is 5.56 Å². The molecule has 7 heteroatoms. The van der Waals surface area contributed by atoms with Gasteiger partial charge in [-0.25, -0.2) is 0 Å². The number of aromatic hydroxyl groups is 1. The molecule has 4 rings (SSSR count). The highest BCUT2D eigenvalue weighted by Gasteiger charge is 2.31. The smallest absolute Gasteiger partial charge is 0.416 e. The molecule has 156 valence electrons. The molecule has 31 heavy (non-hydrogen) atoms. The molecule has 0 bridgehead atoms. The van der Waals surface area contributed by atoms with Gasteiger partial charge in [-0.2, -0.15) is 13.2 Å². The third-order valence-corrected chi connectivity index (χ3v) is 5.70. The Labute approximate surface area is 180 Å². The van der Waals surface area contributed by atoms with E-state index in [-0.39, 0.29) is 20.7 Å². The van der Waals surface area contributed by atoms with E-state index in [1.807, 2.05) is 60.7 Å². The summed E-state index contributed by atoms with van der Waals surface area (Å²) in [6.45, 7) is 0. The molecule has 0 radical (unpaired) electrons. The molecule has 0 unspecified atom stereocenters. The van der Waals surface area contributed by atoms with Gasteiger partial charge in [0.15, 0.2) is 5.06 Å². The van der Waals surface area contributed by atoms with Crippen LogP contribution in [0.25, 0.3) is 15.7 Å². The van der Waals surface area contributed by atoms with Crippen molar-refractivity contribution in [1.82, 2.24) is 5.32 Å². The Kier molecular flexibility index (Phi) is 5.52. The molecule has 1 heterocycles. The van der Waals surface area contributed by atoms with Crippen LogP contribution in [0.1, 0.15) is 27.0 Å². The highest BCUT2D eigenvalue weighted by Crippen LogP contribution is 2.40. The maximum Gasteiger partial charge on any atom is 0.416 e. The van der Waals surface area contributed by atoms with Crippen LogP contribution in [0.2, 0.25) is 0 Å². The van der Waals surface area contributed by atoms with Gasteiger partial charge >= 0.3 is 6.18 Å². The number of amides is 1. The summed E-state index contributed by atoms with van der Waals surface area (Å²) in [4.78, 5) is 12.9. The molecule has 2 N–H and O–H groups in total. The first kappa shape index (κ1) is 20.7. The zero-order valence-corrected chi connectivity index (χ0v) is 16.8. The van der Waals surface area contributed by atoms with Crippen molar-refractivity contribution in [2.24, 2.45) is 0 Å². The fourth-order valence-corrected chi connectivity index (χ4v) is 4.24. The van der Waals surface area contributed by atoms with Gasteiger partial charge in [-0.1, -0.05) is 78.1 Å². The molecule has 0 saturated heterocycles. The summed E-state index contributed by atoms with van der Waals surface area (Å²) in [7, 11) is 0. The van der Waals surface area contributed by atoms with Gasteiger partial charge in [0.05, 0.1) is 5.56 Å². The summed E-state index contributed by atoms with van der Waals surface area (Å²) in [6, 6.07) is 22.0. The maximum atomic E-state index is 13.0. The Hall–Kier alpha value is -3.58. The molecule has 3 nitrogen and oxygen atoms in total. The van der Waals surface area contributed by atoms with Crippen LogP contribution in [0.5, 0.6) is 5.06 Å². The molecule has 1 amide bonds. The van der Waals surface area contributed by atoms with Crippen molar-refractivity contribution >= 4 is 32.9 Å². The van der Waals surface area contributed by atoms with Gasteiger partial charge in [-0.15, -0.1) is 0 Å². The number of halogens is 3. The molecule has 0 fully saturated rings. The summed E-state index contributed by atoms with van der Waals surface area (Å²) in [5.74, 6) is -0.604. The van der Waals surface area contributed by atoms with E-state index in [1.165, 1.54) is 6.07 Å². The molecule has 0 aliphatic heterocycles. The average molecular weight is 439 g/mol. The van der Waals surface area contributed by atoms with Crippen LogP contribution in [0.3, 0.4) is 0 Å². The van der Waals surface area contributed by atoms with Crippen molar-refractivity contribution in [2.45, 2.75) is 6.18 Å². The van der Waals surface area contributed by atoms with Crippen LogP contribution in [-0.4, -0.2) is 11.0 Å². The van der Waals surface area contributed by atoms with Crippen molar-refractivity contribution in [3.63, 3.8) is 0 Å². The molecular weight excluding hydrogens is 423 g/mol. The number of rotatable bonds is 4.